The molecule has 6 nitrogen and oxygen atoms in total. The highest BCUT2D eigenvalue weighted by molar-refractivity contribution is 5.87. The number of nitrogens with one attached hydrogen (secondary N) is 2. The van der Waals surface area contributed by atoms with Gasteiger partial charge >= 0.3 is 0 Å². The first-order valence-electron chi connectivity index (χ1n) is 6.64. The summed E-state index contributed by atoms with van der Waals surface area (Å²) in [5.74, 6) is -0.0160. The summed E-state index contributed by atoms with van der Waals surface area (Å²) in [6, 6.07) is -0.169. The maximum absolute atomic E-state index is 12.4. The topological polar surface area (TPSA) is 81.7 Å². The maximum Gasteiger partial charge on any atom is 0.241 e. The highest BCUT2D eigenvalue weighted by Crippen LogP contribution is 2.20. The molecule has 2 atom stereocenters. The molecule has 6 heteroatoms. The average molecular weight is 255 g/mol. The van der Waals surface area contributed by atoms with Crippen LogP contribution in [0.15, 0.2) is 0 Å². The van der Waals surface area contributed by atoms with Crippen LogP contribution in [0.2, 0.25) is 0 Å². The normalized spacial score (nSPS) is 28.9. The summed E-state index contributed by atoms with van der Waals surface area (Å²) in [4.78, 5) is 25.3. The van der Waals surface area contributed by atoms with Crippen molar-refractivity contribution in [1.29, 1.82) is 0 Å². The number of rotatable bonds is 3. The molecule has 0 aromatic rings. The number of piperazine rings is 1. The van der Waals surface area contributed by atoms with E-state index in [9.17, 15) is 9.59 Å². The van der Waals surface area contributed by atoms with Crippen LogP contribution in [0.1, 0.15) is 25.7 Å². The van der Waals surface area contributed by atoms with Crippen LogP contribution < -0.4 is 10.6 Å². The molecule has 2 heterocycles. The van der Waals surface area contributed by atoms with Crippen LogP contribution in [-0.2, 0) is 9.59 Å². The highest BCUT2D eigenvalue weighted by atomic mass is 16.3. The van der Waals surface area contributed by atoms with E-state index < -0.39 is 0 Å². The zero-order chi connectivity index (χ0) is 13.0. The van der Waals surface area contributed by atoms with Gasteiger partial charge in [-0.1, -0.05) is 0 Å². The molecule has 18 heavy (non-hydrogen) atoms. The van der Waals surface area contributed by atoms with Crippen molar-refractivity contribution in [2.24, 2.45) is 0 Å². The average Bonchev–Trinajstić information content (AvgIpc) is 2.40. The lowest BCUT2D eigenvalue weighted by atomic mass is 9.98. The van der Waals surface area contributed by atoms with E-state index in [1.54, 1.807) is 0 Å². The van der Waals surface area contributed by atoms with Gasteiger partial charge in [-0.05, 0) is 25.7 Å². The van der Waals surface area contributed by atoms with E-state index >= 15 is 0 Å². The molecular weight excluding hydrogens is 234 g/mol. The molecule has 0 aliphatic carbocycles. The molecular formula is C12H21N3O3. The summed E-state index contributed by atoms with van der Waals surface area (Å²) in [7, 11) is 0. The monoisotopic (exact) mass is 255 g/mol. The molecule has 2 unspecified atom stereocenters. The molecule has 0 saturated carbocycles. The molecule has 2 aliphatic rings. The van der Waals surface area contributed by atoms with Crippen molar-refractivity contribution in [1.82, 2.24) is 15.5 Å². The Hall–Kier alpha value is -1.14. The van der Waals surface area contributed by atoms with Gasteiger partial charge in [0.1, 0.15) is 6.04 Å². The predicted octanol–water partition coefficient (Wildman–Crippen LogP) is -1.16. The van der Waals surface area contributed by atoms with Gasteiger partial charge in [0.05, 0.1) is 6.54 Å². The second kappa shape index (κ2) is 6.15. The van der Waals surface area contributed by atoms with Crippen molar-refractivity contribution < 1.29 is 14.7 Å². The Kier molecular flexibility index (Phi) is 4.54. The molecule has 0 aromatic carbocycles. The van der Waals surface area contributed by atoms with Crippen LogP contribution in [0.25, 0.3) is 0 Å². The second-order valence-electron chi connectivity index (χ2n) is 4.93. The number of piperidine rings is 1. The Morgan fingerprint density at radius 3 is 2.94 bits per heavy atom. The summed E-state index contributed by atoms with van der Waals surface area (Å²) in [6.07, 6.45) is 3.74. The Balaban J connectivity index is 1.95. The quantitative estimate of drug-likeness (QED) is 0.594. The van der Waals surface area contributed by atoms with Crippen molar-refractivity contribution in [2.75, 3.05) is 26.2 Å². The number of aliphatic hydroxyl groups is 1. The van der Waals surface area contributed by atoms with E-state index in [1.165, 1.54) is 0 Å². The SMILES string of the molecule is O=C1CNC(C(=O)N2CCCCC2CCO)CN1. The minimum atomic E-state index is -0.318. The lowest BCUT2D eigenvalue weighted by molar-refractivity contribution is -0.138. The lowest BCUT2D eigenvalue weighted by Gasteiger charge is -2.38. The summed E-state index contributed by atoms with van der Waals surface area (Å²) >= 11 is 0. The van der Waals surface area contributed by atoms with Crippen LogP contribution in [0.4, 0.5) is 0 Å². The fourth-order valence-electron chi connectivity index (χ4n) is 2.68. The summed E-state index contributed by atoms with van der Waals surface area (Å²) in [5, 5.41) is 14.7. The molecule has 0 radical (unpaired) electrons. The van der Waals surface area contributed by atoms with Crippen molar-refractivity contribution >= 4 is 11.8 Å². The third-order valence-electron chi connectivity index (χ3n) is 3.68. The smallest absolute Gasteiger partial charge is 0.241 e. The molecule has 0 aromatic heterocycles. The van der Waals surface area contributed by atoms with E-state index in [2.05, 4.69) is 10.6 Å². The Morgan fingerprint density at radius 1 is 1.44 bits per heavy atom. The molecule has 0 bridgehead atoms. The number of aliphatic hydroxyl groups excluding tert-OH is 1. The molecule has 3 N–H and O–H groups in total. The third-order valence-corrected chi connectivity index (χ3v) is 3.68. The summed E-state index contributed by atoms with van der Waals surface area (Å²) < 4.78 is 0. The van der Waals surface area contributed by atoms with Gasteiger partial charge < -0.3 is 15.3 Å². The zero-order valence-electron chi connectivity index (χ0n) is 10.5. The molecule has 2 rings (SSSR count). The van der Waals surface area contributed by atoms with Gasteiger partial charge in [0.2, 0.25) is 11.8 Å². The molecule has 2 aliphatic heterocycles. The summed E-state index contributed by atoms with van der Waals surface area (Å²) in [5.41, 5.74) is 0. The van der Waals surface area contributed by atoms with Crippen molar-refractivity contribution in [3.05, 3.63) is 0 Å². The van der Waals surface area contributed by atoms with Gasteiger partial charge in [0.15, 0.2) is 0 Å². The van der Waals surface area contributed by atoms with Crippen LogP contribution >= 0.6 is 0 Å². The van der Waals surface area contributed by atoms with Crippen molar-refractivity contribution in [3.63, 3.8) is 0 Å². The number of hydrogen-bond acceptors (Lipinski definition) is 4. The first-order valence-corrected chi connectivity index (χ1v) is 6.64. The number of carbonyl (C=O) groups excluding carboxylic acids is 2. The lowest BCUT2D eigenvalue weighted by Crippen LogP contribution is -2.60. The minimum absolute atomic E-state index is 0.0492. The van der Waals surface area contributed by atoms with E-state index in [0.29, 0.717) is 13.0 Å². The fraction of sp³-hybridized carbons (Fsp3) is 0.833. The Labute approximate surface area is 107 Å². The van der Waals surface area contributed by atoms with Gasteiger partial charge in [-0.15, -0.1) is 0 Å². The van der Waals surface area contributed by atoms with Gasteiger partial charge in [-0.2, -0.15) is 0 Å². The molecule has 2 fully saturated rings. The number of amides is 2. The van der Waals surface area contributed by atoms with Gasteiger partial charge in [0.25, 0.3) is 0 Å². The Bertz CT molecular complexity index is 310. The van der Waals surface area contributed by atoms with Gasteiger partial charge in [-0.3, -0.25) is 14.9 Å². The van der Waals surface area contributed by atoms with Gasteiger partial charge in [0, 0.05) is 25.7 Å². The first-order chi connectivity index (χ1) is 8.72. The van der Waals surface area contributed by atoms with E-state index in [1.807, 2.05) is 4.90 Å². The number of hydrogen-bond donors (Lipinski definition) is 3. The molecule has 0 spiro atoms. The van der Waals surface area contributed by atoms with E-state index in [-0.39, 0.29) is 37.0 Å². The standard InChI is InChI=1S/C12H21N3O3/c16-6-4-9-3-1-2-5-15(9)12(18)10-7-14-11(17)8-13-10/h9-10,13,16H,1-8H2,(H,14,17). The van der Waals surface area contributed by atoms with Crippen molar-refractivity contribution in [3.8, 4) is 0 Å². The fourth-order valence-corrected chi connectivity index (χ4v) is 2.68. The van der Waals surface area contributed by atoms with E-state index in [4.69, 9.17) is 5.11 Å². The van der Waals surface area contributed by atoms with Crippen LogP contribution in [0, 0.1) is 0 Å². The first kappa shape index (κ1) is 13.3. The third kappa shape index (κ3) is 3.00. The van der Waals surface area contributed by atoms with Crippen LogP contribution in [0.5, 0.6) is 0 Å². The largest absolute Gasteiger partial charge is 0.396 e. The van der Waals surface area contributed by atoms with Gasteiger partial charge in [-0.25, -0.2) is 0 Å². The zero-order valence-corrected chi connectivity index (χ0v) is 10.5. The predicted molar refractivity (Wildman–Crippen MR) is 65.9 cm³/mol. The minimum Gasteiger partial charge on any atom is -0.396 e. The molecule has 2 saturated heterocycles. The number of nitrogens with zero attached hydrogens (tertiary/aromatic N) is 1. The number of carbonyl (C=O) groups is 2. The molecule has 2 amide bonds. The van der Waals surface area contributed by atoms with E-state index in [0.717, 1.165) is 25.8 Å². The highest BCUT2D eigenvalue weighted by Gasteiger charge is 2.32. The maximum atomic E-state index is 12.4. The van der Waals surface area contributed by atoms with Crippen molar-refractivity contribution in [2.45, 2.75) is 37.8 Å². The molecule has 102 valence electrons. The summed E-state index contributed by atoms with van der Waals surface area (Å²) in [6.45, 7) is 1.44. The van der Waals surface area contributed by atoms with Crippen LogP contribution in [0.3, 0.4) is 0 Å². The Morgan fingerprint density at radius 2 is 2.28 bits per heavy atom. The second-order valence-corrected chi connectivity index (χ2v) is 4.93. The number of likely N-dealkylation sites (tertiary alicyclic amines) is 1. The van der Waals surface area contributed by atoms with Crippen LogP contribution in [-0.4, -0.2) is 60.1 Å².